The van der Waals surface area contributed by atoms with Crippen LogP contribution in [0, 0.1) is 11.2 Å². The van der Waals surface area contributed by atoms with Crippen LogP contribution < -0.4 is 0 Å². The molecule has 0 atom stereocenters. The Hall–Kier alpha value is -1.69. The minimum absolute atomic E-state index is 0.188. The molecule has 3 rings (SSSR count). The van der Waals surface area contributed by atoms with Gasteiger partial charge in [-0.25, -0.2) is 4.39 Å². The van der Waals surface area contributed by atoms with Crippen LogP contribution in [-0.4, -0.2) is 26.3 Å². The van der Waals surface area contributed by atoms with Gasteiger partial charge < -0.3 is 0 Å². The zero-order chi connectivity index (χ0) is 18.7. The van der Waals surface area contributed by atoms with Gasteiger partial charge in [0.25, 0.3) is 0 Å². The van der Waals surface area contributed by atoms with E-state index in [1.807, 2.05) is 26.8 Å². The Kier molecular flexibility index (Phi) is 5.80. The first-order valence-corrected chi connectivity index (χ1v) is 10.2. The topological polar surface area (TPSA) is 47.8 Å². The molecule has 1 aromatic heterocycles. The van der Waals surface area contributed by atoms with Gasteiger partial charge in [0.05, 0.1) is 5.75 Å². The summed E-state index contributed by atoms with van der Waals surface area (Å²) in [6.07, 6.45) is 5.74. The van der Waals surface area contributed by atoms with Crippen molar-refractivity contribution in [1.29, 1.82) is 0 Å². The molecular formula is C20H26FN3OS. The molecule has 26 heavy (non-hydrogen) atoms. The Morgan fingerprint density at radius 1 is 1.23 bits per heavy atom. The molecular weight excluding hydrogens is 349 g/mol. The quantitative estimate of drug-likeness (QED) is 0.666. The van der Waals surface area contributed by atoms with Crippen LogP contribution >= 0.6 is 11.8 Å². The first kappa shape index (κ1) is 19.1. The standard InChI is InChI=1S/C20H26FN3OS/c1-20(2,3)17(25)13-26-19-23-22-18(14-8-7-9-15(21)12-14)24(19)16-10-5-4-6-11-16/h7-9,12,16H,4-6,10-11,13H2,1-3H3. The third-order valence-electron chi connectivity index (χ3n) is 4.86. The van der Waals surface area contributed by atoms with E-state index >= 15 is 0 Å². The van der Waals surface area contributed by atoms with Crippen molar-refractivity contribution >= 4 is 17.5 Å². The van der Waals surface area contributed by atoms with Crippen molar-refractivity contribution in [2.75, 3.05) is 5.75 Å². The van der Waals surface area contributed by atoms with E-state index in [0.29, 0.717) is 17.6 Å². The van der Waals surface area contributed by atoms with Crippen molar-refractivity contribution in [3.05, 3.63) is 30.1 Å². The number of Topliss-reactive ketones (excluding diaryl/α,β-unsaturated/α-hetero) is 1. The first-order valence-electron chi connectivity index (χ1n) is 9.23. The average molecular weight is 376 g/mol. The molecule has 2 aromatic rings. The van der Waals surface area contributed by atoms with E-state index in [1.54, 1.807) is 6.07 Å². The van der Waals surface area contributed by atoms with Gasteiger partial charge in [-0.2, -0.15) is 0 Å². The second-order valence-corrected chi connectivity index (χ2v) is 8.88. The van der Waals surface area contributed by atoms with Crippen LogP contribution in [0.2, 0.25) is 0 Å². The SMILES string of the molecule is CC(C)(C)C(=O)CSc1nnc(-c2cccc(F)c2)n1C1CCCCC1. The number of hydrogen-bond acceptors (Lipinski definition) is 4. The fourth-order valence-corrected chi connectivity index (χ4v) is 4.38. The molecule has 1 aromatic carbocycles. The molecule has 6 heteroatoms. The normalized spacial score (nSPS) is 16.0. The van der Waals surface area contributed by atoms with Crippen molar-refractivity contribution in [2.24, 2.45) is 5.41 Å². The van der Waals surface area contributed by atoms with Gasteiger partial charge in [-0.05, 0) is 25.0 Å². The first-order chi connectivity index (χ1) is 12.4. The van der Waals surface area contributed by atoms with Gasteiger partial charge in [-0.3, -0.25) is 9.36 Å². The van der Waals surface area contributed by atoms with Crippen LogP contribution in [0.15, 0.2) is 29.4 Å². The van der Waals surface area contributed by atoms with Crippen molar-refractivity contribution in [2.45, 2.75) is 64.1 Å². The van der Waals surface area contributed by atoms with Gasteiger partial charge in [0.1, 0.15) is 11.6 Å². The fourth-order valence-electron chi connectivity index (χ4n) is 3.21. The molecule has 0 unspecified atom stereocenters. The molecule has 0 saturated heterocycles. The summed E-state index contributed by atoms with van der Waals surface area (Å²) < 4.78 is 15.8. The summed E-state index contributed by atoms with van der Waals surface area (Å²) in [6, 6.07) is 6.80. The highest BCUT2D eigenvalue weighted by atomic mass is 32.2. The highest BCUT2D eigenvalue weighted by Crippen LogP contribution is 2.36. The summed E-state index contributed by atoms with van der Waals surface area (Å²) >= 11 is 1.44. The lowest BCUT2D eigenvalue weighted by Crippen LogP contribution is -2.22. The number of carbonyl (C=O) groups is 1. The third-order valence-corrected chi connectivity index (χ3v) is 5.80. The monoisotopic (exact) mass is 375 g/mol. The predicted octanol–water partition coefficient (Wildman–Crippen LogP) is 5.30. The van der Waals surface area contributed by atoms with Crippen molar-refractivity contribution in [1.82, 2.24) is 14.8 Å². The maximum Gasteiger partial charge on any atom is 0.192 e. The summed E-state index contributed by atoms with van der Waals surface area (Å²) in [5.74, 6) is 0.977. The Labute approximate surface area is 158 Å². The molecule has 4 nitrogen and oxygen atoms in total. The molecule has 1 saturated carbocycles. The lowest BCUT2D eigenvalue weighted by Gasteiger charge is -2.26. The van der Waals surface area contributed by atoms with Crippen molar-refractivity contribution in [3.63, 3.8) is 0 Å². The Morgan fingerprint density at radius 2 is 1.96 bits per heavy atom. The second-order valence-electron chi connectivity index (χ2n) is 7.94. The number of ketones is 1. The number of thioether (sulfide) groups is 1. The largest absolute Gasteiger partial charge is 0.299 e. The van der Waals surface area contributed by atoms with E-state index in [4.69, 9.17) is 0 Å². The lowest BCUT2D eigenvalue weighted by atomic mass is 9.92. The summed E-state index contributed by atoms with van der Waals surface area (Å²) in [5.41, 5.74) is 0.366. The van der Waals surface area contributed by atoms with E-state index in [9.17, 15) is 9.18 Å². The van der Waals surface area contributed by atoms with Crippen LogP contribution in [0.4, 0.5) is 4.39 Å². The molecule has 0 aliphatic heterocycles. The maximum atomic E-state index is 13.7. The lowest BCUT2D eigenvalue weighted by molar-refractivity contribution is -0.123. The number of aromatic nitrogens is 3. The summed E-state index contributed by atoms with van der Waals surface area (Å²) in [4.78, 5) is 12.3. The molecule has 1 fully saturated rings. The zero-order valence-corrected chi connectivity index (χ0v) is 16.5. The van der Waals surface area contributed by atoms with Gasteiger partial charge in [0.15, 0.2) is 11.0 Å². The Bertz CT molecular complexity index is 776. The summed E-state index contributed by atoms with van der Waals surface area (Å²) in [6.45, 7) is 5.79. The van der Waals surface area contributed by atoms with Crippen molar-refractivity contribution < 1.29 is 9.18 Å². The highest BCUT2D eigenvalue weighted by molar-refractivity contribution is 7.99. The van der Waals surface area contributed by atoms with E-state index < -0.39 is 0 Å². The van der Waals surface area contributed by atoms with E-state index in [0.717, 1.165) is 23.6 Å². The van der Waals surface area contributed by atoms with Gasteiger partial charge in [0.2, 0.25) is 0 Å². The van der Waals surface area contributed by atoms with Crippen LogP contribution in [0.5, 0.6) is 0 Å². The van der Waals surface area contributed by atoms with Gasteiger partial charge in [-0.15, -0.1) is 10.2 Å². The molecule has 1 aliphatic rings. The third kappa shape index (κ3) is 4.34. The fraction of sp³-hybridized carbons (Fsp3) is 0.550. The number of hydrogen-bond donors (Lipinski definition) is 0. The Balaban J connectivity index is 1.92. The molecule has 0 spiro atoms. The molecule has 0 amide bonds. The Morgan fingerprint density at radius 3 is 2.62 bits per heavy atom. The van der Waals surface area contributed by atoms with Crippen LogP contribution in [0.1, 0.15) is 58.9 Å². The average Bonchev–Trinajstić information content (AvgIpc) is 3.03. The molecule has 0 bridgehead atoms. The molecule has 0 N–H and O–H groups in total. The number of rotatable bonds is 5. The molecule has 0 radical (unpaired) electrons. The molecule has 1 heterocycles. The predicted molar refractivity (Wildman–Crippen MR) is 103 cm³/mol. The molecule has 140 valence electrons. The second kappa shape index (κ2) is 7.91. The van der Waals surface area contributed by atoms with E-state index in [1.165, 1.54) is 43.2 Å². The van der Waals surface area contributed by atoms with Gasteiger partial charge in [-0.1, -0.05) is 63.9 Å². The van der Waals surface area contributed by atoms with Crippen LogP contribution in [-0.2, 0) is 4.79 Å². The van der Waals surface area contributed by atoms with Crippen LogP contribution in [0.25, 0.3) is 11.4 Å². The number of nitrogens with zero attached hydrogens (tertiary/aromatic N) is 3. The van der Waals surface area contributed by atoms with E-state index in [2.05, 4.69) is 14.8 Å². The highest BCUT2D eigenvalue weighted by Gasteiger charge is 2.26. The van der Waals surface area contributed by atoms with Crippen molar-refractivity contribution in [3.8, 4) is 11.4 Å². The maximum absolute atomic E-state index is 13.7. The number of carbonyl (C=O) groups excluding carboxylic acids is 1. The molecule has 1 aliphatic carbocycles. The number of benzene rings is 1. The van der Waals surface area contributed by atoms with Crippen LogP contribution in [0.3, 0.4) is 0 Å². The van der Waals surface area contributed by atoms with Gasteiger partial charge >= 0.3 is 0 Å². The number of halogens is 1. The van der Waals surface area contributed by atoms with Gasteiger partial charge in [0, 0.05) is 17.0 Å². The minimum atomic E-state index is -0.367. The zero-order valence-electron chi connectivity index (χ0n) is 15.7. The summed E-state index contributed by atoms with van der Waals surface area (Å²) in [5, 5.41) is 9.47. The summed E-state index contributed by atoms with van der Waals surface area (Å²) in [7, 11) is 0. The van der Waals surface area contributed by atoms with E-state index in [-0.39, 0.29) is 17.0 Å². The minimum Gasteiger partial charge on any atom is -0.299 e. The smallest absolute Gasteiger partial charge is 0.192 e.